The molecule has 0 saturated carbocycles. The van der Waals surface area contributed by atoms with Crippen LogP contribution in [0.1, 0.15) is 122 Å². The summed E-state index contributed by atoms with van der Waals surface area (Å²) < 4.78 is 0. The van der Waals surface area contributed by atoms with Gasteiger partial charge in [0.25, 0.3) is 0 Å². The predicted molar refractivity (Wildman–Crippen MR) is 117 cm³/mol. The number of hydrogen-bond donors (Lipinski definition) is 1. The molecule has 0 radical (unpaired) electrons. The average Bonchev–Trinajstić information content (AvgIpc) is 2.64. The highest BCUT2D eigenvalue weighted by Gasteiger charge is 1.97. The number of nitrogens with zero attached hydrogens (tertiary/aromatic N) is 1. The van der Waals surface area contributed by atoms with Gasteiger partial charge in [0.05, 0.1) is 0 Å². The van der Waals surface area contributed by atoms with Gasteiger partial charge in [-0.1, -0.05) is 110 Å². The van der Waals surface area contributed by atoms with Gasteiger partial charge in [0.1, 0.15) is 5.82 Å². The van der Waals surface area contributed by atoms with Crippen LogP contribution in [0.5, 0.6) is 0 Å². The van der Waals surface area contributed by atoms with E-state index in [1.165, 1.54) is 115 Å². The highest BCUT2D eigenvalue weighted by Crippen LogP contribution is 2.15. The molecule has 1 aromatic heterocycles. The van der Waals surface area contributed by atoms with Gasteiger partial charge >= 0.3 is 0 Å². The molecular formula is C24H44N2. The summed E-state index contributed by atoms with van der Waals surface area (Å²) in [5, 5.41) is 0. The van der Waals surface area contributed by atoms with E-state index in [9.17, 15) is 0 Å². The molecule has 1 aromatic rings. The normalized spacial score (nSPS) is 11.1. The second-order valence-electron chi connectivity index (χ2n) is 8.00. The molecule has 26 heavy (non-hydrogen) atoms. The second-order valence-corrected chi connectivity index (χ2v) is 8.00. The highest BCUT2D eigenvalue weighted by atomic mass is 14.8. The summed E-state index contributed by atoms with van der Waals surface area (Å²) in [4.78, 5) is 4.04. The van der Waals surface area contributed by atoms with Crippen molar-refractivity contribution in [2.24, 2.45) is 0 Å². The van der Waals surface area contributed by atoms with Crippen LogP contribution in [0.15, 0.2) is 18.3 Å². The summed E-state index contributed by atoms with van der Waals surface area (Å²) in [7, 11) is 0. The Hall–Kier alpha value is -1.05. The van der Waals surface area contributed by atoms with Crippen LogP contribution < -0.4 is 5.73 Å². The minimum atomic E-state index is 0.648. The maximum Gasteiger partial charge on any atom is 0.123 e. The van der Waals surface area contributed by atoms with Crippen molar-refractivity contribution in [3.05, 3.63) is 23.9 Å². The zero-order chi connectivity index (χ0) is 18.7. The SMILES string of the molecule is CCCCCCCCCCCCCCCCCCCc1ccnc(N)c1. The van der Waals surface area contributed by atoms with Gasteiger partial charge < -0.3 is 5.73 Å². The van der Waals surface area contributed by atoms with Gasteiger partial charge in [-0.15, -0.1) is 0 Å². The molecule has 0 saturated heterocycles. The molecule has 0 aliphatic heterocycles. The zero-order valence-electron chi connectivity index (χ0n) is 17.5. The molecule has 0 atom stereocenters. The van der Waals surface area contributed by atoms with E-state index >= 15 is 0 Å². The molecule has 0 bridgehead atoms. The lowest BCUT2D eigenvalue weighted by Gasteiger charge is -2.04. The van der Waals surface area contributed by atoms with Crippen LogP contribution in [0.3, 0.4) is 0 Å². The third kappa shape index (κ3) is 14.2. The molecule has 1 rings (SSSR count). The molecule has 0 aromatic carbocycles. The standard InChI is InChI=1S/C24H44N2/c1-2-3-4-5-6-7-8-9-10-11-12-13-14-15-16-17-18-19-23-20-21-26-24(25)22-23/h20-22H,2-19H2,1H3,(H2,25,26). The van der Waals surface area contributed by atoms with E-state index in [-0.39, 0.29) is 0 Å². The van der Waals surface area contributed by atoms with Crippen LogP contribution in [0, 0.1) is 0 Å². The summed E-state index contributed by atoms with van der Waals surface area (Å²) in [6.45, 7) is 2.29. The number of unbranched alkanes of at least 4 members (excludes halogenated alkanes) is 16. The minimum Gasteiger partial charge on any atom is -0.384 e. The van der Waals surface area contributed by atoms with E-state index in [1.54, 1.807) is 0 Å². The highest BCUT2D eigenvalue weighted by molar-refractivity contribution is 5.31. The van der Waals surface area contributed by atoms with E-state index < -0.39 is 0 Å². The van der Waals surface area contributed by atoms with Crippen molar-refractivity contribution in [1.29, 1.82) is 0 Å². The molecule has 2 N–H and O–H groups in total. The Balaban J connectivity index is 1.73. The van der Waals surface area contributed by atoms with Gasteiger partial charge in [0.2, 0.25) is 0 Å². The van der Waals surface area contributed by atoms with Crippen molar-refractivity contribution >= 4 is 5.82 Å². The lowest BCUT2D eigenvalue weighted by atomic mass is 10.0. The van der Waals surface area contributed by atoms with Crippen LogP contribution in [0.2, 0.25) is 0 Å². The smallest absolute Gasteiger partial charge is 0.123 e. The zero-order valence-corrected chi connectivity index (χ0v) is 17.5. The third-order valence-electron chi connectivity index (χ3n) is 5.41. The van der Waals surface area contributed by atoms with E-state index in [2.05, 4.69) is 18.0 Å². The fraction of sp³-hybridized carbons (Fsp3) is 0.792. The van der Waals surface area contributed by atoms with Gasteiger partial charge in [0, 0.05) is 6.20 Å². The first kappa shape index (κ1) is 23.0. The molecule has 150 valence electrons. The van der Waals surface area contributed by atoms with Crippen LogP contribution in [0.4, 0.5) is 5.82 Å². The summed E-state index contributed by atoms with van der Waals surface area (Å²) >= 11 is 0. The van der Waals surface area contributed by atoms with Crippen LogP contribution in [-0.4, -0.2) is 4.98 Å². The van der Waals surface area contributed by atoms with Crippen molar-refractivity contribution in [3.63, 3.8) is 0 Å². The van der Waals surface area contributed by atoms with E-state index in [4.69, 9.17) is 5.73 Å². The Kier molecular flexibility index (Phi) is 15.4. The first-order valence-electron chi connectivity index (χ1n) is 11.5. The van der Waals surface area contributed by atoms with E-state index in [0.717, 1.165) is 6.42 Å². The van der Waals surface area contributed by atoms with Gasteiger partial charge in [-0.05, 0) is 30.5 Å². The van der Waals surface area contributed by atoms with Crippen molar-refractivity contribution in [2.45, 2.75) is 122 Å². The Labute approximate surface area is 163 Å². The predicted octanol–water partition coefficient (Wildman–Crippen LogP) is 7.86. The average molecular weight is 361 g/mol. The number of hydrogen-bond acceptors (Lipinski definition) is 2. The van der Waals surface area contributed by atoms with Gasteiger partial charge in [-0.3, -0.25) is 0 Å². The largest absolute Gasteiger partial charge is 0.384 e. The number of aromatic nitrogens is 1. The van der Waals surface area contributed by atoms with Gasteiger partial charge in [-0.25, -0.2) is 4.98 Å². The van der Waals surface area contributed by atoms with E-state index in [0.29, 0.717) is 5.82 Å². The molecule has 2 nitrogen and oxygen atoms in total. The van der Waals surface area contributed by atoms with Crippen molar-refractivity contribution in [3.8, 4) is 0 Å². The van der Waals surface area contributed by atoms with Crippen LogP contribution in [-0.2, 0) is 6.42 Å². The second kappa shape index (κ2) is 17.4. The molecule has 0 aliphatic carbocycles. The maximum atomic E-state index is 5.71. The van der Waals surface area contributed by atoms with Crippen LogP contribution >= 0.6 is 0 Å². The number of nitrogen functional groups attached to an aromatic ring is 1. The lowest BCUT2D eigenvalue weighted by molar-refractivity contribution is 0.527. The van der Waals surface area contributed by atoms with Crippen LogP contribution in [0.25, 0.3) is 0 Å². The Bertz CT molecular complexity index is 416. The Morgan fingerprint density at radius 1 is 0.654 bits per heavy atom. The summed E-state index contributed by atoms with van der Waals surface area (Å²) in [6.07, 6.45) is 27.2. The number of pyridine rings is 1. The monoisotopic (exact) mass is 360 g/mol. The first-order chi connectivity index (χ1) is 12.8. The molecule has 2 heteroatoms. The molecule has 0 unspecified atom stereocenters. The quantitative estimate of drug-likeness (QED) is 0.271. The van der Waals surface area contributed by atoms with Crippen molar-refractivity contribution in [2.75, 3.05) is 5.73 Å². The minimum absolute atomic E-state index is 0.648. The molecule has 1 heterocycles. The Morgan fingerprint density at radius 3 is 1.50 bits per heavy atom. The van der Waals surface area contributed by atoms with Gasteiger partial charge in [0.15, 0.2) is 0 Å². The topological polar surface area (TPSA) is 38.9 Å². The molecule has 0 aliphatic rings. The fourth-order valence-electron chi connectivity index (χ4n) is 3.70. The number of aryl methyl sites for hydroxylation is 1. The summed E-state index contributed by atoms with van der Waals surface area (Å²) in [5.41, 5.74) is 7.05. The summed E-state index contributed by atoms with van der Waals surface area (Å²) in [6, 6.07) is 4.09. The maximum absolute atomic E-state index is 5.71. The molecular weight excluding hydrogens is 316 g/mol. The third-order valence-corrected chi connectivity index (χ3v) is 5.41. The van der Waals surface area contributed by atoms with Crippen molar-refractivity contribution < 1.29 is 0 Å². The molecule has 0 spiro atoms. The Morgan fingerprint density at radius 2 is 1.08 bits per heavy atom. The number of nitrogens with two attached hydrogens (primary N) is 1. The fourth-order valence-corrected chi connectivity index (χ4v) is 3.70. The first-order valence-corrected chi connectivity index (χ1v) is 11.5. The molecule has 0 amide bonds. The summed E-state index contributed by atoms with van der Waals surface area (Å²) in [5.74, 6) is 0.648. The van der Waals surface area contributed by atoms with E-state index in [1.807, 2.05) is 12.3 Å². The van der Waals surface area contributed by atoms with Gasteiger partial charge in [-0.2, -0.15) is 0 Å². The molecule has 0 fully saturated rings. The number of anilines is 1. The number of rotatable bonds is 18. The van der Waals surface area contributed by atoms with Crippen molar-refractivity contribution in [1.82, 2.24) is 4.98 Å². The lowest BCUT2D eigenvalue weighted by Crippen LogP contribution is -1.92.